The first-order valence-corrected chi connectivity index (χ1v) is 10.9. The number of nitrogens with one attached hydrogen (secondary N) is 1. The Balaban J connectivity index is 1.26. The predicted molar refractivity (Wildman–Crippen MR) is 128 cm³/mol. The second-order valence-electron chi connectivity index (χ2n) is 7.88. The number of methoxy groups -OCH3 is 1. The highest BCUT2D eigenvalue weighted by molar-refractivity contribution is 5.94. The van der Waals surface area contributed by atoms with Crippen LogP contribution in [0.2, 0.25) is 0 Å². The minimum atomic E-state index is -0.311. The Morgan fingerprint density at radius 2 is 1.70 bits per heavy atom. The fourth-order valence-electron chi connectivity index (χ4n) is 3.84. The summed E-state index contributed by atoms with van der Waals surface area (Å²) in [6, 6.07) is 21.6. The molecule has 0 aliphatic carbocycles. The third-order valence-electron chi connectivity index (χ3n) is 5.67. The maximum Gasteiger partial charge on any atom is 0.271 e. The van der Waals surface area contributed by atoms with E-state index in [-0.39, 0.29) is 11.7 Å². The van der Waals surface area contributed by atoms with E-state index in [4.69, 9.17) is 4.74 Å². The van der Waals surface area contributed by atoms with Crippen LogP contribution in [0, 0.1) is 5.82 Å². The first-order chi connectivity index (χ1) is 16.1. The zero-order valence-corrected chi connectivity index (χ0v) is 18.6. The molecule has 3 aromatic carbocycles. The number of rotatable bonds is 7. The molecule has 1 amide bonds. The van der Waals surface area contributed by atoms with Gasteiger partial charge in [-0.15, -0.1) is 0 Å². The number of halogens is 1. The maximum atomic E-state index is 12.9. The molecule has 1 heterocycles. The lowest BCUT2D eigenvalue weighted by Crippen LogP contribution is -2.46. The van der Waals surface area contributed by atoms with E-state index in [1.54, 1.807) is 19.2 Å². The molecule has 0 spiro atoms. The lowest BCUT2D eigenvalue weighted by molar-refractivity contribution is 0.0955. The predicted octanol–water partition coefficient (Wildman–Crippen LogP) is 3.92. The number of para-hydroxylation sites is 2. The molecule has 1 N–H and O–H groups in total. The lowest BCUT2D eigenvalue weighted by Gasteiger charge is -2.36. The molecule has 6 nitrogen and oxygen atoms in total. The van der Waals surface area contributed by atoms with Gasteiger partial charge in [0.1, 0.15) is 11.6 Å². The molecule has 7 heteroatoms. The fourth-order valence-corrected chi connectivity index (χ4v) is 3.84. The molecule has 1 saturated heterocycles. The summed E-state index contributed by atoms with van der Waals surface area (Å²) in [7, 11) is 1.71. The lowest BCUT2D eigenvalue weighted by atomic mass is 10.1. The van der Waals surface area contributed by atoms with E-state index in [1.165, 1.54) is 18.3 Å². The average molecular weight is 447 g/mol. The summed E-state index contributed by atoms with van der Waals surface area (Å²) in [5.41, 5.74) is 6.04. The van der Waals surface area contributed by atoms with Crippen molar-refractivity contribution in [3.8, 4) is 5.75 Å². The van der Waals surface area contributed by atoms with Crippen molar-refractivity contribution in [1.29, 1.82) is 0 Å². The Labute approximate surface area is 193 Å². The number of hydrogen-bond acceptors (Lipinski definition) is 5. The van der Waals surface area contributed by atoms with Gasteiger partial charge in [0.05, 0.1) is 19.0 Å². The van der Waals surface area contributed by atoms with Crippen molar-refractivity contribution in [2.45, 2.75) is 6.54 Å². The molecule has 4 rings (SSSR count). The summed E-state index contributed by atoms with van der Waals surface area (Å²) >= 11 is 0. The summed E-state index contributed by atoms with van der Waals surface area (Å²) in [6.07, 6.45) is 1.48. The number of carbonyl (C=O) groups excluding carboxylic acids is 1. The summed E-state index contributed by atoms with van der Waals surface area (Å²) in [5, 5.41) is 3.94. The number of carbonyl (C=O) groups is 1. The van der Waals surface area contributed by atoms with E-state index in [2.05, 4.69) is 26.4 Å². The minimum absolute atomic E-state index is 0.287. The number of hydrazone groups is 1. The maximum absolute atomic E-state index is 12.9. The molecule has 1 fully saturated rings. The first kappa shape index (κ1) is 22.5. The van der Waals surface area contributed by atoms with Crippen LogP contribution in [0.5, 0.6) is 5.75 Å². The Bertz CT molecular complexity index is 1090. The molecule has 3 aromatic rings. The SMILES string of the molecule is COc1ccccc1N1CCN(Cc2ccc(C(=O)N/N=C\c3ccc(F)cc3)cc2)CC1. The van der Waals surface area contributed by atoms with E-state index in [0.29, 0.717) is 11.1 Å². The molecule has 1 aliphatic heterocycles. The fraction of sp³-hybridized carbons (Fsp3) is 0.231. The summed E-state index contributed by atoms with van der Waals surface area (Å²) in [5.74, 6) is 0.307. The summed E-state index contributed by atoms with van der Waals surface area (Å²) < 4.78 is 18.4. The van der Waals surface area contributed by atoms with Crippen molar-refractivity contribution in [2.75, 3.05) is 38.2 Å². The zero-order valence-electron chi connectivity index (χ0n) is 18.6. The standard InChI is InChI=1S/C26H27FN4O2/c1-33-25-5-3-2-4-24(25)31-16-14-30(15-17-31)19-21-6-10-22(11-7-21)26(32)29-28-18-20-8-12-23(27)13-9-20/h2-13,18H,14-17,19H2,1H3,(H,29,32)/b28-18-. The molecule has 0 atom stereocenters. The Morgan fingerprint density at radius 1 is 1.00 bits per heavy atom. The second-order valence-corrected chi connectivity index (χ2v) is 7.88. The molecule has 0 bridgehead atoms. The number of amides is 1. The van der Waals surface area contributed by atoms with Crippen molar-refractivity contribution in [3.63, 3.8) is 0 Å². The van der Waals surface area contributed by atoms with Gasteiger partial charge in [0, 0.05) is 38.3 Å². The number of anilines is 1. The van der Waals surface area contributed by atoms with Crippen LogP contribution in [-0.2, 0) is 6.54 Å². The van der Waals surface area contributed by atoms with Gasteiger partial charge in [-0.3, -0.25) is 9.69 Å². The minimum Gasteiger partial charge on any atom is -0.495 e. The van der Waals surface area contributed by atoms with Crippen molar-refractivity contribution in [2.24, 2.45) is 5.10 Å². The van der Waals surface area contributed by atoms with Gasteiger partial charge in [0.25, 0.3) is 5.91 Å². The van der Waals surface area contributed by atoms with Gasteiger partial charge in [0.15, 0.2) is 0 Å². The molecule has 0 saturated carbocycles. The van der Waals surface area contributed by atoms with Crippen LogP contribution in [0.25, 0.3) is 0 Å². The van der Waals surface area contributed by atoms with Crippen LogP contribution >= 0.6 is 0 Å². The topological polar surface area (TPSA) is 57.2 Å². The molecule has 170 valence electrons. The molecule has 33 heavy (non-hydrogen) atoms. The average Bonchev–Trinajstić information content (AvgIpc) is 2.86. The Hall–Kier alpha value is -3.71. The van der Waals surface area contributed by atoms with Crippen LogP contribution in [-0.4, -0.2) is 50.3 Å². The Morgan fingerprint density at radius 3 is 2.39 bits per heavy atom. The van der Waals surface area contributed by atoms with E-state index in [0.717, 1.165) is 49.7 Å². The van der Waals surface area contributed by atoms with Crippen LogP contribution in [0.4, 0.5) is 10.1 Å². The van der Waals surface area contributed by atoms with Crippen molar-refractivity contribution < 1.29 is 13.9 Å². The number of benzene rings is 3. The summed E-state index contributed by atoms with van der Waals surface area (Å²) in [4.78, 5) is 17.1. The van der Waals surface area contributed by atoms with Crippen LogP contribution < -0.4 is 15.1 Å². The van der Waals surface area contributed by atoms with E-state index in [1.807, 2.05) is 42.5 Å². The molecule has 0 radical (unpaired) electrons. The van der Waals surface area contributed by atoms with Gasteiger partial charge in [-0.2, -0.15) is 5.10 Å². The number of nitrogens with zero attached hydrogens (tertiary/aromatic N) is 3. The highest BCUT2D eigenvalue weighted by atomic mass is 19.1. The zero-order chi connectivity index (χ0) is 23.0. The number of piperazine rings is 1. The quantitative estimate of drug-likeness (QED) is 0.442. The van der Waals surface area contributed by atoms with Crippen molar-refractivity contribution in [3.05, 3.63) is 95.3 Å². The van der Waals surface area contributed by atoms with E-state index < -0.39 is 0 Å². The van der Waals surface area contributed by atoms with E-state index in [9.17, 15) is 9.18 Å². The van der Waals surface area contributed by atoms with Crippen LogP contribution in [0.1, 0.15) is 21.5 Å². The largest absolute Gasteiger partial charge is 0.495 e. The third-order valence-corrected chi connectivity index (χ3v) is 5.67. The first-order valence-electron chi connectivity index (χ1n) is 10.9. The van der Waals surface area contributed by atoms with Gasteiger partial charge in [-0.05, 0) is 47.5 Å². The van der Waals surface area contributed by atoms with Crippen molar-refractivity contribution in [1.82, 2.24) is 10.3 Å². The highest BCUT2D eigenvalue weighted by Gasteiger charge is 2.19. The summed E-state index contributed by atoms with van der Waals surface area (Å²) in [6.45, 7) is 4.63. The van der Waals surface area contributed by atoms with Gasteiger partial charge in [0.2, 0.25) is 0 Å². The van der Waals surface area contributed by atoms with Crippen molar-refractivity contribution >= 4 is 17.8 Å². The highest BCUT2D eigenvalue weighted by Crippen LogP contribution is 2.28. The van der Waals surface area contributed by atoms with Gasteiger partial charge < -0.3 is 9.64 Å². The molecular formula is C26H27FN4O2. The normalized spacial score (nSPS) is 14.4. The van der Waals surface area contributed by atoms with Crippen LogP contribution in [0.15, 0.2) is 77.9 Å². The van der Waals surface area contributed by atoms with Gasteiger partial charge >= 0.3 is 0 Å². The molecular weight excluding hydrogens is 419 g/mol. The Kier molecular flexibility index (Phi) is 7.32. The second kappa shape index (κ2) is 10.7. The molecule has 0 aromatic heterocycles. The molecule has 0 unspecified atom stereocenters. The smallest absolute Gasteiger partial charge is 0.271 e. The molecule has 1 aliphatic rings. The van der Waals surface area contributed by atoms with Gasteiger partial charge in [-0.1, -0.05) is 36.4 Å². The van der Waals surface area contributed by atoms with Crippen LogP contribution in [0.3, 0.4) is 0 Å². The monoisotopic (exact) mass is 446 g/mol. The third kappa shape index (κ3) is 5.96. The number of hydrogen-bond donors (Lipinski definition) is 1. The van der Waals surface area contributed by atoms with E-state index >= 15 is 0 Å². The van der Waals surface area contributed by atoms with Gasteiger partial charge in [-0.25, -0.2) is 9.82 Å². The number of ether oxygens (including phenoxy) is 1.